The number of piperidine rings is 1. The van der Waals surface area contributed by atoms with Crippen LogP contribution in [0, 0.1) is 17.6 Å². The van der Waals surface area contributed by atoms with E-state index in [9.17, 15) is 18.7 Å². The van der Waals surface area contributed by atoms with Crippen molar-refractivity contribution in [1.29, 1.82) is 0 Å². The number of halogens is 2. The van der Waals surface area contributed by atoms with E-state index in [0.29, 0.717) is 31.8 Å². The smallest absolute Gasteiger partial charge is 0.256 e. The van der Waals surface area contributed by atoms with Crippen LogP contribution in [0.15, 0.2) is 18.2 Å². The molecule has 1 heterocycles. The first-order valence-corrected chi connectivity index (χ1v) is 7.99. The monoisotopic (exact) mass is 326 g/mol. The van der Waals surface area contributed by atoms with Gasteiger partial charge < -0.3 is 15.3 Å². The number of hydrogen-bond acceptors (Lipinski definition) is 3. The number of amides is 1. The van der Waals surface area contributed by atoms with Crippen LogP contribution >= 0.6 is 0 Å². The van der Waals surface area contributed by atoms with Crippen molar-refractivity contribution >= 4 is 5.91 Å². The Morgan fingerprint density at radius 1 is 1.39 bits per heavy atom. The second-order valence-corrected chi connectivity index (χ2v) is 6.60. The first kappa shape index (κ1) is 17.8. The molecule has 1 aromatic carbocycles. The van der Waals surface area contributed by atoms with Crippen molar-refractivity contribution in [1.82, 2.24) is 10.2 Å². The van der Waals surface area contributed by atoms with Gasteiger partial charge in [0.25, 0.3) is 5.91 Å². The fraction of sp³-hybridized carbons (Fsp3) is 0.588. The van der Waals surface area contributed by atoms with Gasteiger partial charge in [-0.15, -0.1) is 0 Å². The van der Waals surface area contributed by atoms with Gasteiger partial charge in [0.1, 0.15) is 0 Å². The van der Waals surface area contributed by atoms with Gasteiger partial charge in [-0.25, -0.2) is 8.78 Å². The summed E-state index contributed by atoms with van der Waals surface area (Å²) < 4.78 is 27.1. The highest BCUT2D eigenvalue weighted by atomic mass is 19.2. The van der Waals surface area contributed by atoms with E-state index in [0.717, 1.165) is 6.07 Å². The van der Waals surface area contributed by atoms with Crippen molar-refractivity contribution in [2.24, 2.45) is 5.92 Å². The summed E-state index contributed by atoms with van der Waals surface area (Å²) in [6.45, 7) is 5.36. The van der Waals surface area contributed by atoms with Crippen LogP contribution in [-0.4, -0.2) is 41.1 Å². The van der Waals surface area contributed by atoms with Crippen LogP contribution < -0.4 is 5.32 Å². The van der Waals surface area contributed by atoms with Gasteiger partial charge in [-0.2, -0.15) is 0 Å². The molecular weight excluding hydrogens is 302 g/mol. The Morgan fingerprint density at radius 2 is 2.13 bits per heavy atom. The molecule has 23 heavy (non-hydrogen) atoms. The summed E-state index contributed by atoms with van der Waals surface area (Å²) in [5.41, 5.74) is -1.35. The predicted molar refractivity (Wildman–Crippen MR) is 83.7 cm³/mol. The van der Waals surface area contributed by atoms with Crippen molar-refractivity contribution in [3.05, 3.63) is 35.4 Å². The average molecular weight is 326 g/mol. The minimum absolute atomic E-state index is 0.0328. The third kappa shape index (κ3) is 4.26. The molecule has 0 radical (unpaired) electrons. The summed E-state index contributed by atoms with van der Waals surface area (Å²) in [5, 5.41) is 13.7. The van der Waals surface area contributed by atoms with Crippen LogP contribution in [0.2, 0.25) is 0 Å². The molecule has 0 unspecified atom stereocenters. The fourth-order valence-electron chi connectivity index (χ4n) is 2.82. The largest absolute Gasteiger partial charge is 0.379 e. The van der Waals surface area contributed by atoms with E-state index >= 15 is 0 Å². The van der Waals surface area contributed by atoms with Crippen LogP contribution in [-0.2, 0) is 11.3 Å². The second kappa shape index (κ2) is 7.36. The topological polar surface area (TPSA) is 52.6 Å². The number of benzene rings is 1. The zero-order valence-corrected chi connectivity index (χ0v) is 13.6. The van der Waals surface area contributed by atoms with E-state index in [1.807, 2.05) is 13.8 Å². The molecule has 0 saturated carbocycles. The minimum atomic E-state index is -1.48. The van der Waals surface area contributed by atoms with Crippen LogP contribution in [0.1, 0.15) is 32.3 Å². The van der Waals surface area contributed by atoms with Crippen LogP contribution in [0.3, 0.4) is 0 Å². The maximum absolute atomic E-state index is 13.8. The highest BCUT2D eigenvalue weighted by molar-refractivity contribution is 5.86. The van der Waals surface area contributed by atoms with Crippen molar-refractivity contribution < 1.29 is 18.7 Å². The summed E-state index contributed by atoms with van der Waals surface area (Å²) in [7, 11) is 0. The van der Waals surface area contributed by atoms with Crippen LogP contribution in [0.5, 0.6) is 0 Å². The highest BCUT2D eigenvalue weighted by Gasteiger charge is 2.41. The first-order chi connectivity index (χ1) is 10.8. The molecule has 0 aliphatic carbocycles. The Balaban J connectivity index is 2.05. The van der Waals surface area contributed by atoms with Gasteiger partial charge in [-0.05, 0) is 31.4 Å². The molecular formula is C17H24F2N2O2. The molecule has 1 aliphatic rings. The molecule has 128 valence electrons. The molecule has 2 N–H and O–H groups in total. The van der Waals surface area contributed by atoms with Gasteiger partial charge in [-0.1, -0.05) is 26.0 Å². The van der Waals surface area contributed by atoms with Crippen molar-refractivity contribution in [3.63, 3.8) is 0 Å². The number of hydrogen-bond donors (Lipinski definition) is 2. The molecule has 0 aromatic heterocycles. The summed E-state index contributed by atoms with van der Waals surface area (Å²) in [6.07, 6.45) is 1.00. The number of nitrogens with one attached hydrogen (secondary N) is 1. The fourth-order valence-corrected chi connectivity index (χ4v) is 2.82. The molecule has 1 amide bonds. The summed E-state index contributed by atoms with van der Waals surface area (Å²) in [5.74, 6) is -1.88. The number of carbonyl (C=O) groups excluding carboxylic acids is 1. The molecule has 1 saturated heterocycles. The lowest BCUT2D eigenvalue weighted by Crippen LogP contribution is -2.58. The molecule has 0 bridgehead atoms. The van der Waals surface area contributed by atoms with E-state index in [1.165, 1.54) is 17.0 Å². The lowest BCUT2D eigenvalue weighted by atomic mass is 9.91. The standard InChI is InChI=1S/C17H24F2N2O2/c1-12(2)9-20-11-17(23)7-4-8-21(16(17)22)10-13-5-3-6-14(18)15(13)19/h3,5-6,12,20,23H,4,7-11H2,1-2H3/t17-/m0/s1. The summed E-state index contributed by atoms with van der Waals surface area (Å²) in [6, 6.07) is 3.91. The van der Waals surface area contributed by atoms with E-state index in [-0.39, 0.29) is 18.7 Å². The maximum atomic E-state index is 13.8. The molecule has 1 aliphatic heterocycles. The van der Waals surface area contributed by atoms with Crippen LogP contribution in [0.25, 0.3) is 0 Å². The number of rotatable bonds is 6. The SMILES string of the molecule is CC(C)CNC[C@@]1(O)CCCN(Cc2cccc(F)c2F)C1=O. The molecule has 1 aromatic rings. The molecule has 1 atom stereocenters. The highest BCUT2D eigenvalue weighted by Crippen LogP contribution is 2.24. The Labute approximate surface area is 135 Å². The number of nitrogens with zero attached hydrogens (tertiary/aromatic N) is 1. The van der Waals surface area contributed by atoms with Crippen LogP contribution in [0.4, 0.5) is 8.78 Å². The molecule has 6 heteroatoms. The van der Waals surface area contributed by atoms with Crippen molar-refractivity contribution in [2.45, 2.75) is 38.8 Å². The Hall–Kier alpha value is -1.53. The molecule has 4 nitrogen and oxygen atoms in total. The third-order valence-corrected chi connectivity index (χ3v) is 4.07. The zero-order valence-electron chi connectivity index (χ0n) is 13.6. The maximum Gasteiger partial charge on any atom is 0.256 e. The number of likely N-dealkylation sites (tertiary alicyclic amines) is 1. The van der Waals surface area contributed by atoms with E-state index in [2.05, 4.69) is 5.32 Å². The predicted octanol–water partition coefficient (Wildman–Crippen LogP) is 2.06. The van der Waals surface area contributed by atoms with Crippen molar-refractivity contribution in [2.75, 3.05) is 19.6 Å². The van der Waals surface area contributed by atoms with Gasteiger partial charge in [0.05, 0.1) is 0 Å². The van der Waals surface area contributed by atoms with Crippen molar-refractivity contribution in [3.8, 4) is 0 Å². The molecule has 2 rings (SSSR count). The Bertz CT molecular complexity index is 566. The summed E-state index contributed by atoms with van der Waals surface area (Å²) in [4.78, 5) is 13.9. The van der Waals surface area contributed by atoms with Gasteiger partial charge in [-0.3, -0.25) is 4.79 Å². The molecule has 1 fully saturated rings. The van der Waals surface area contributed by atoms with Gasteiger partial charge in [0.2, 0.25) is 0 Å². The normalized spacial score (nSPS) is 22.0. The van der Waals surface area contributed by atoms with Gasteiger partial charge >= 0.3 is 0 Å². The average Bonchev–Trinajstić information content (AvgIpc) is 2.48. The minimum Gasteiger partial charge on any atom is -0.379 e. The van der Waals surface area contributed by atoms with E-state index in [4.69, 9.17) is 0 Å². The van der Waals surface area contributed by atoms with Gasteiger partial charge in [0, 0.05) is 25.2 Å². The zero-order chi connectivity index (χ0) is 17.0. The quantitative estimate of drug-likeness (QED) is 0.841. The summed E-state index contributed by atoms with van der Waals surface area (Å²) >= 11 is 0. The second-order valence-electron chi connectivity index (χ2n) is 6.60. The number of aliphatic hydroxyl groups is 1. The van der Waals surface area contributed by atoms with E-state index in [1.54, 1.807) is 0 Å². The lowest BCUT2D eigenvalue weighted by molar-refractivity contribution is -0.157. The number of carbonyl (C=O) groups is 1. The Morgan fingerprint density at radius 3 is 2.83 bits per heavy atom. The Kier molecular flexibility index (Phi) is 5.70. The van der Waals surface area contributed by atoms with Gasteiger partial charge in [0.15, 0.2) is 17.2 Å². The third-order valence-electron chi connectivity index (χ3n) is 4.07. The van der Waals surface area contributed by atoms with E-state index < -0.39 is 23.1 Å². The molecule has 0 spiro atoms. The lowest BCUT2D eigenvalue weighted by Gasteiger charge is -2.38. The first-order valence-electron chi connectivity index (χ1n) is 7.99.